The van der Waals surface area contributed by atoms with Gasteiger partial charge >= 0.3 is 0 Å². The molecule has 1 unspecified atom stereocenters. The second-order valence-electron chi connectivity index (χ2n) is 9.73. The third-order valence-corrected chi connectivity index (χ3v) is 10.7. The van der Waals surface area contributed by atoms with Gasteiger partial charge in [-0.05, 0) is 62.0 Å². The molecule has 0 saturated heterocycles. The average molecular weight is 451 g/mol. The molecule has 0 spiro atoms. The van der Waals surface area contributed by atoms with Crippen LogP contribution in [0.15, 0.2) is 36.9 Å². The lowest BCUT2D eigenvalue weighted by Crippen LogP contribution is -2.45. The SMILES string of the molecule is C=CC[C@H](C(C)=O)C(O)C[C@@H](CCOCc1ccc(OC)cc1)O[Si](C)(C)C(C)(C)C. The maximum Gasteiger partial charge on any atom is 0.192 e. The normalized spacial score (nSPS) is 15.2. The van der Waals surface area contributed by atoms with E-state index in [-0.39, 0.29) is 16.9 Å². The molecule has 0 fully saturated rings. The average Bonchev–Trinajstić information content (AvgIpc) is 2.68. The number of hydrogen-bond acceptors (Lipinski definition) is 5. The molecule has 1 aromatic carbocycles. The van der Waals surface area contributed by atoms with Crippen LogP contribution in [0.1, 0.15) is 52.5 Å². The highest BCUT2D eigenvalue weighted by molar-refractivity contribution is 6.74. The van der Waals surface area contributed by atoms with E-state index in [4.69, 9.17) is 13.9 Å². The minimum absolute atomic E-state index is 0.0192. The summed E-state index contributed by atoms with van der Waals surface area (Å²) in [5.41, 5.74) is 1.07. The second kappa shape index (κ2) is 12.5. The van der Waals surface area contributed by atoms with E-state index in [1.807, 2.05) is 24.3 Å². The van der Waals surface area contributed by atoms with Crippen molar-refractivity contribution < 1.29 is 23.8 Å². The Morgan fingerprint density at radius 1 is 1.23 bits per heavy atom. The van der Waals surface area contributed by atoms with E-state index in [2.05, 4.69) is 40.4 Å². The fraction of sp³-hybridized carbons (Fsp3) is 0.640. The highest BCUT2D eigenvalue weighted by atomic mass is 28.4. The summed E-state index contributed by atoms with van der Waals surface area (Å²) >= 11 is 0. The largest absolute Gasteiger partial charge is 0.497 e. The van der Waals surface area contributed by atoms with Crippen molar-refractivity contribution in [1.29, 1.82) is 0 Å². The molecule has 0 saturated carbocycles. The Kier molecular flexibility index (Phi) is 11.1. The number of Topliss-reactive ketones (excluding diaryl/α,β-unsaturated/α-hetero) is 1. The molecule has 0 aliphatic heterocycles. The van der Waals surface area contributed by atoms with Crippen molar-refractivity contribution in [3.05, 3.63) is 42.5 Å². The number of hydrogen-bond donors (Lipinski definition) is 1. The molecule has 6 heteroatoms. The van der Waals surface area contributed by atoms with Crippen LogP contribution in [0.2, 0.25) is 18.1 Å². The summed E-state index contributed by atoms with van der Waals surface area (Å²) in [7, 11) is -0.389. The molecule has 0 aliphatic rings. The molecular weight excluding hydrogens is 408 g/mol. The van der Waals surface area contributed by atoms with Gasteiger partial charge in [-0.25, -0.2) is 0 Å². The summed E-state index contributed by atoms with van der Waals surface area (Å²) in [5.74, 6) is 0.359. The van der Waals surface area contributed by atoms with Gasteiger partial charge in [0.1, 0.15) is 11.5 Å². The summed E-state index contributed by atoms with van der Waals surface area (Å²) < 4.78 is 17.7. The van der Waals surface area contributed by atoms with E-state index in [0.717, 1.165) is 11.3 Å². The Hall–Kier alpha value is -1.47. The van der Waals surface area contributed by atoms with Gasteiger partial charge in [-0.1, -0.05) is 39.0 Å². The molecule has 1 rings (SSSR count). The van der Waals surface area contributed by atoms with Gasteiger partial charge in [0.05, 0.1) is 19.8 Å². The van der Waals surface area contributed by atoms with Gasteiger partial charge in [0.15, 0.2) is 8.32 Å². The van der Waals surface area contributed by atoms with Crippen molar-refractivity contribution in [3.8, 4) is 5.75 Å². The Morgan fingerprint density at radius 2 is 1.84 bits per heavy atom. The molecule has 0 radical (unpaired) electrons. The van der Waals surface area contributed by atoms with E-state index >= 15 is 0 Å². The van der Waals surface area contributed by atoms with Crippen LogP contribution in [-0.4, -0.2) is 45.1 Å². The van der Waals surface area contributed by atoms with Crippen LogP contribution in [-0.2, 0) is 20.6 Å². The van der Waals surface area contributed by atoms with Crippen LogP contribution in [0.3, 0.4) is 0 Å². The molecule has 1 N–H and O–H groups in total. The van der Waals surface area contributed by atoms with Crippen molar-refractivity contribution in [2.45, 2.75) is 83.9 Å². The first kappa shape index (κ1) is 27.6. The lowest BCUT2D eigenvalue weighted by Gasteiger charge is -2.40. The van der Waals surface area contributed by atoms with Gasteiger partial charge in [-0.2, -0.15) is 0 Å². The van der Waals surface area contributed by atoms with E-state index in [0.29, 0.717) is 32.5 Å². The van der Waals surface area contributed by atoms with Crippen molar-refractivity contribution >= 4 is 14.1 Å². The van der Waals surface area contributed by atoms with Crippen LogP contribution in [0.4, 0.5) is 0 Å². The van der Waals surface area contributed by atoms with Gasteiger partial charge in [-0.15, -0.1) is 6.58 Å². The summed E-state index contributed by atoms with van der Waals surface area (Å²) in [5, 5.41) is 10.8. The maximum atomic E-state index is 12.0. The third kappa shape index (κ3) is 9.27. The number of ether oxygens (including phenoxy) is 2. The fourth-order valence-electron chi connectivity index (χ4n) is 3.15. The minimum Gasteiger partial charge on any atom is -0.497 e. The number of methoxy groups -OCH3 is 1. The fourth-order valence-corrected chi connectivity index (χ4v) is 4.55. The predicted octanol–water partition coefficient (Wildman–Crippen LogP) is 5.52. The lowest BCUT2D eigenvalue weighted by atomic mass is 9.90. The van der Waals surface area contributed by atoms with Crippen molar-refractivity contribution in [2.24, 2.45) is 5.92 Å². The predicted molar refractivity (Wildman–Crippen MR) is 129 cm³/mol. The van der Waals surface area contributed by atoms with Crippen LogP contribution in [0.5, 0.6) is 5.75 Å². The summed E-state index contributed by atoms with van der Waals surface area (Å²) in [6.45, 7) is 17.3. The monoisotopic (exact) mass is 450 g/mol. The zero-order chi connectivity index (χ0) is 23.7. The first-order valence-electron chi connectivity index (χ1n) is 11.1. The summed E-state index contributed by atoms with van der Waals surface area (Å²) in [6.07, 6.45) is 2.31. The number of aliphatic hydroxyl groups is 1. The van der Waals surface area contributed by atoms with Gasteiger partial charge in [0.25, 0.3) is 0 Å². The number of rotatable bonds is 14. The Bertz CT molecular complexity index is 678. The van der Waals surface area contributed by atoms with Gasteiger partial charge in [0, 0.05) is 18.6 Å². The van der Waals surface area contributed by atoms with Crippen LogP contribution in [0.25, 0.3) is 0 Å². The quantitative estimate of drug-likeness (QED) is 0.229. The molecular formula is C25H42O5Si. The smallest absolute Gasteiger partial charge is 0.192 e. The third-order valence-electron chi connectivity index (χ3n) is 6.19. The van der Waals surface area contributed by atoms with E-state index < -0.39 is 20.3 Å². The maximum absolute atomic E-state index is 12.0. The van der Waals surface area contributed by atoms with Crippen LogP contribution in [0, 0.1) is 5.92 Å². The molecule has 0 heterocycles. The number of aliphatic hydroxyl groups excluding tert-OH is 1. The van der Waals surface area contributed by atoms with Gasteiger partial charge < -0.3 is 19.0 Å². The number of carbonyl (C=O) groups is 1. The van der Waals surface area contributed by atoms with E-state index in [1.165, 1.54) is 6.92 Å². The summed E-state index contributed by atoms with van der Waals surface area (Å²) in [4.78, 5) is 12.0. The van der Waals surface area contributed by atoms with Gasteiger partial charge in [0.2, 0.25) is 0 Å². The highest BCUT2D eigenvalue weighted by Gasteiger charge is 2.40. The standard InChI is InChI=1S/C25H42O5Si/c1-9-10-23(19(2)26)24(27)17-22(30-31(7,8)25(3,4)5)15-16-29-18-20-11-13-21(28-6)14-12-20/h9,11-14,22-24,27H,1,10,15-18H2,2-8H3/t22-,23-,24?/m1/s1. The Morgan fingerprint density at radius 3 is 2.32 bits per heavy atom. The van der Waals surface area contributed by atoms with E-state index in [9.17, 15) is 9.90 Å². The first-order chi connectivity index (χ1) is 14.4. The molecule has 31 heavy (non-hydrogen) atoms. The topological polar surface area (TPSA) is 65.0 Å². The molecule has 0 aromatic heterocycles. The Labute approximate surface area is 189 Å². The molecule has 3 atom stereocenters. The van der Waals surface area contributed by atoms with Crippen molar-refractivity contribution in [1.82, 2.24) is 0 Å². The molecule has 0 amide bonds. The molecule has 1 aromatic rings. The van der Waals surface area contributed by atoms with E-state index in [1.54, 1.807) is 13.2 Å². The molecule has 0 bridgehead atoms. The van der Waals surface area contributed by atoms with Crippen LogP contribution < -0.4 is 4.74 Å². The van der Waals surface area contributed by atoms with Crippen molar-refractivity contribution in [2.75, 3.05) is 13.7 Å². The molecule has 0 aliphatic carbocycles. The van der Waals surface area contributed by atoms with Gasteiger partial charge in [-0.3, -0.25) is 4.79 Å². The lowest BCUT2D eigenvalue weighted by molar-refractivity contribution is -0.124. The Balaban J connectivity index is 2.76. The second-order valence-corrected chi connectivity index (χ2v) is 14.5. The zero-order valence-corrected chi connectivity index (χ0v) is 21.4. The summed E-state index contributed by atoms with van der Waals surface area (Å²) in [6, 6.07) is 7.80. The number of benzene rings is 1. The zero-order valence-electron chi connectivity index (χ0n) is 20.4. The minimum atomic E-state index is -2.04. The molecule has 176 valence electrons. The molecule has 5 nitrogen and oxygen atoms in total. The highest BCUT2D eigenvalue weighted by Crippen LogP contribution is 2.38. The number of carbonyl (C=O) groups excluding carboxylic acids is 1. The van der Waals surface area contributed by atoms with Crippen molar-refractivity contribution in [3.63, 3.8) is 0 Å². The number of ketones is 1. The first-order valence-corrected chi connectivity index (χ1v) is 14.0. The number of allylic oxidation sites excluding steroid dienone is 1. The van der Waals surface area contributed by atoms with Crippen LogP contribution >= 0.6 is 0 Å².